The van der Waals surface area contributed by atoms with Gasteiger partial charge in [-0.1, -0.05) is 23.2 Å². The molecule has 0 unspecified atom stereocenters. The molecule has 3 aromatic rings. The van der Waals surface area contributed by atoms with Gasteiger partial charge in [-0.25, -0.2) is 14.4 Å². The molecule has 2 nitrogen and oxygen atoms in total. The zero-order valence-corrected chi connectivity index (χ0v) is 10.00. The van der Waals surface area contributed by atoms with Gasteiger partial charge in [-0.05, 0) is 12.1 Å². The highest BCUT2D eigenvalue weighted by molar-refractivity contribution is 7.26. The molecule has 0 N–H and O–H groups in total. The number of halogens is 3. The van der Waals surface area contributed by atoms with Crippen LogP contribution in [0.4, 0.5) is 4.39 Å². The third-order valence-corrected chi connectivity index (χ3v) is 4.09. The first-order valence-corrected chi connectivity index (χ1v) is 5.92. The normalized spacial score (nSPS) is 11.4. The zero-order chi connectivity index (χ0) is 11.3. The van der Waals surface area contributed by atoms with Gasteiger partial charge in [0.05, 0.1) is 15.2 Å². The van der Waals surface area contributed by atoms with E-state index in [1.165, 1.54) is 23.7 Å². The number of nitrogens with zero attached hydrogens (tertiary/aromatic N) is 2. The number of hydrogen-bond donors (Lipinski definition) is 0. The lowest BCUT2D eigenvalue weighted by Crippen LogP contribution is -1.80. The first-order chi connectivity index (χ1) is 7.66. The molecule has 2 aromatic heterocycles. The zero-order valence-electron chi connectivity index (χ0n) is 7.67. The Hall–Kier alpha value is -0.970. The molecule has 16 heavy (non-hydrogen) atoms. The second-order valence-electron chi connectivity index (χ2n) is 3.21. The fraction of sp³-hybridized carbons (Fsp3) is 0. The summed E-state index contributed by atoms with van der Waals surface area (Å²) in [5.74, 6) is -0.455. The Morgan fingerprint density at radius 1 is 1.19 bits per heavy atom. The summed E-state index contributed by atoms with van der Waals surface area (Å²) < 4.78 is 15.0. The van der Waals surface area contributed by atoms with Crippen molar-refractivity contribution in [3.05, 3.63) is 34.5 Å². The Morgan fingerprint density at radius 2 is 2.00 bits per heavy atom. The molecule has 0 bridgehead atoms. The Bertz CT molecular complexity index is 711. The van der Waals surface area contributed by atoms with Crippen LogP contribution in [0.1, 0.15) is 0 Å². The minimum absolute atomic E-state index is 0.100. The lowest BCUT2D eigenvalue weighted by Gasteiger charge is -1.94. The quantitative estimate of drug-likeness (QED) is 0.571. The van der Waals surface area contributed by atoms with E-state index in [1.54, 1.807) is 6.07 Å². The van der Waals surface area contributed by atoms with Gasteiger partial charge in [-0.2, -0.15) is 0 Å². The van der Waals surface area contributed by atoms with Crippen LogP contribution in [0.25, 0.3) is 20.3 Å². The van der Waals surface area contributed by atoms with Crippen LogP contribution in [0.15, 0.2) is 18.5 Å². The standard InChI is InChI=1S/C10H3Cl2FN2S/c11-5-2-7-4(1-6(5)13)8-9(16-7)10(12)15-3-14-8/h1-3H. The summed E-state index contributed by atoms with van der Waals surface area (Å²) in [6, 6.07) is 2.95. The van der Waals surface area contributed by atoms with Crippen LogP contribution < -0.4 is 0 Å². The molecule has 1 aromatic carbocycles. The van der Waals surface area contributed by atoms with Gasteiger partial charge >= 0.3 is 0 Å². The monoisotopic (exact) mass is 272 g/mol. The van der Waals surface area contributed by atoms with Gasteiger partial charge in [0.15, 0.2) is 0 Å². The number of thiophene rings is 1. The largest absolute Gasteiger partial charge is 0.235 e. The maximum Gasteiger partial charge on any atom is 0.150 e. The molecule has 0 aliphatic rings. The molecular weight excluding hydrogens is 270 g/mol. The second-order valence-corrected chi connectivity index (χ2v) is 5.02. The number of rotatable bonds is 0. The van der Waals surface area contributed by atoms with E-state index in [0.717, 1.165) is 9.40 Å². The first kappa shape index (κ1) is 10.2. The van der Waals surface area contributed by atoms with Crippen molar-refractivity contribution in [2.24, 2.45) is 0 Å². The van der Waals surface area contributed by atoms with Gasteiger partial charge in [-0.15, -0.1) is 11.3 Å². The third-order valence-electron chi connectivity index (χ3n) is 2.25. The average molecular weight is 273 g/mol. The average Bonchev–Trinajstić information content (AvgIpc) is 2.59. The van der Waals surface area contributed by atoms with Crippen LogP contribution in [0.2, 0.25) is 10.2 Å². The van der Waals surface area contributed by atoms with Crippen LogP contribution in [0.3, 0.4) is 0 Å². The smallest absolute Gasteiger partial charge is 0.150 e. The SMILES string of the molecule is Fc1cc2c(cc1Cl)sc1c(Cl)ncnc12. The molecule has 0 aliphatic carbocycles. The van der Waals surface area contributed by atoms with Gasteiger partial charge < -0.3 is 0 Å². The van der Waals surface area contributed by atoms with E-state index in [9.17, 15) is 4.39 Å². The van der Waals surface area contributed by atoms with E-state index in [-0.39, 0.29) is 5.02 Å². The maximum atomic E-state index is 13.4. The van der Waals surface area contributed by atoms with Crippen molar-refractivity contribution in [1.82, 2.24) is 9.97 Å². The number of fused-ring (bicyclic) bond motifs is 3. The minimum Gasteiger partial charge on any atom is -0.235 e. The highest BCUT2D eigenvalue weighted by Gasteiger charge is 2.12. The summed E-state index contributed by atoms with van der Waals surface area (Å²) in [5.41, 5.74) is 0.663. The predicted octanol–water partition coefficient (Wildman–Crippen LogP) is 4.29. The highest BCUT2D eigenvalue weighted by Crippen LogP contribution is 2.37. The molecule has 0 aliphatic heterocycles. The fourth-order valence-electron chi connectivity index (χ4n) is 1.54. The van der Waals surface area contributed by atoms with Gasteiger partial charge in [-0.3, -0.25) is 0 Å². The van der Waals surface area contributed by atoms with E-state index in [4.69, 9.17) is 23.2 Å². The molecule has 80 valence electrons. The van der Waals surface area contributed by atoms with E-state index < -0.39 is 5.82 Å². The first-order valence-electron chi connectivity index (χ1n) is 4.34. The van der Waals surface area contributed by atoms with Crippen molar-refractivity contribution >= 4 is 54.8 Å². The molecular formula is C10H3Cl2FN2S. The van der Waals surface area contributed by atoms with Crippen molar-refractivity contribution in [3.63, 3.8) is 0 Å². The second kappa shape index (κ2) is 3.52. The Morgan fingerprint density at radius 3 is 2.81 bits per heavy atom. The summed E-state index contributed by atoms with van der Waals surface area (Å²) in [5, 5.41) is 1.19. The number of benzene rings is 1. The van der Waals surface area contributed by atoms with Crippen molar-refractivity contribution in [2.45, 2.75) is 0 Å². The molecule has 0 amide bonds. The highest BCUT2D eigenvalue weighted by atomic mass is 35.5. The molecule has 0 saturated carbocycles. The Kier molecular flexibility index (Phi) is 2.24. The summed E-state index contributed by atoms with van der Waals surface area (Å²) in [7, 11) is 0. The van der Waals surface area contributed by atoms with E-state index in [0.29, 0.717) is 16.1 Å². The van der Waals surface area contributed by atoms with Gasteiger partial charge in [0.1, 0.15) is 17.3 Å². The fourth-order valence-corrected chi connectivity index (χ4v) is 3.08. The van der Waals surface area contributed by atoms with Crippen LogP contribution in [0, 0.1) is 5.82 Å². The van der Waals surface area contributed by atoms with Gasteiger partial charge in [0.2, 0.25) is 0 Å². The molecule has 0 saturated heterocycles. The topological polar surface area (TPSA) is 25.8 Å². The van der Waals surface area contributed by atoms with Gasteiger partial charge in [0.25, 0.3) is 0 Å². The van der Waals surface area contributed by atoms with Crippen molar-refractivity contribution in [2.75, 3.05) is 0 Å². The molecule has 0 atom stereocenters. The van der Waals surface area contributed by atoms with E-state index in [2.05, 4.69) is 9.97 Å². The summed E-state index contributed by atoms with van der Waals surface area (Å²) >= 11 is 13.1. The molecule has 0 spiro atoms. The molecule has 6 heteroatoms. The van der Waals surface area contributed by atoms with Crippen molar-refractivity contribution < 1.29 is 4.39 Å². The molecule has 3 rings (SSSR count). The number of aromatic nitrogens is 2. The molecule has 0 radical (unpaired) electrons. The van der Waals surface area contributed by atoms with E-state index >= 15 is 0 Å². The van der Waals surface area contributed by atoms with Gasteiger partial charge in [0, 0.05) is 10.1 Å². The van der Waals surface area contributed by atoms with Crippen molar-refractivity contribution in [1.29, 1.82) is 0 Å². The van der Waals surface area contributed by atoms with Crippen LogP contribution >= 0.6 is 34.5 Å². The summed E-state index contributed by atoms with van der Waals surface area (Å²) in [6.07, 6.45) is 1.36. The maximum absolute atomic E-state index is 13.4. The third kappa shape index (κ3) is 1.38. The molecule has 0 fully saturated rings. The van der Waals surface area contributed by atoms with Crippen LogP contribution in [-0.4, -0.2) is 9.97 Å². The predicted molar refractivity (Wildman–Crippen MR) is 64.9 cm³/mol. The molecule has 2 heterocycles. The summed E-state index contributed by atoms with van der Waals surface area (Å²) in [6.45, 7) is 0. The Balaban J connectivity index is 2.56. The summed E-state index contributed by atoms with van der Waals surface area (Å²) in [4.78, 5) is 7.99. The van der Waals surface area contributed by atoms with E-state index in [1.807, 2.05) is 0 Å². The Labute approximate surface area is 104 Å². The lowest BCUT2D eigenvalue weighted by atomic mass is 10.2. The van der Waals surface area contributed by atoms with Crippen molar-refractivity contribution in [3.8, 4) is 0 Å². The van der Waals surface area contributed by atoms with Crippen LogP contribution in [0.5, 0.6) is 0 Å². The number of hydrogen-bond acceptors (Lipinski definition) is 3. The lowest BCUT2D eigenvalue weighted by molar-refractivity contribution is 0.630. The minimum atomic E-state index is -0.455. The van der Waals surface area contributed by atoms with Crippen LogP contribution in [-0.2, 0) is 0 Å².